The van der Waals surface area contributed by atoms with Gasteiger partial charge < -0.3 is 35.2 Å². The van der Waals surface area contributed by atoms with Gasteiger partial charge in [-0.15, -0.1) is 0 Å². The number of aromatic nitrogens is 1. The number of fused-ring (bicyclic) bond motifs is 1. The van der Waals surface area contributed by atoms with Crippen LogP contribution in [0.25, 0.3) is 0 Å². The van der Waals surface area contributed by atoms with Crippen LogP contribution in [0.3, 0.4) is 0 Å². The summed E-state index contributed by atoms with van der Waals surface area (Å²) < 4.78 is 21.2. The number of nitrogens with one attached hydrogen (secondary N) is 2. The first kappa shape index (κ1) is 29.4. The zero-order valence-corrected chi connectivity index (χ0v) is 25.1. The molecule has 3 heterocycles. The highest BCUT2D eigenvalue weighted by Gasteiger charge is 2.38. The molecule has 1 fully saturated rings. The first-order chi connectivity index (χ1) is 20.0. The molecule has 0 bridgehead atoms. The number of carbonyl (C=O) groups excluding carboxylic acids is 3. The minimum absolute atomic E-state index is 0.0123. The maximum atomic E-state index is 14.3. The largest absolute Gasteiger partial charge is 0.464 e. The lowest BCUT2D eigenvalue weighted by Gasteiger charge is -2.32. The molecular weight excluding hydrogens is 558 g/mol. The van der Waals surface area contributed by atoms with Crippen molar-refractivity contribution < 1.29 is 28.3 Å². The molecule has 4 N–H and O–H groups in total. The highest BCUT2D eigenvalue weighted by molar-refractivity contribution is 7.09. The fourth-order valence-electron chi connectivity index (χ4n) is 5.23. The van der Waals surface area contributed by atoms with Crippen molar-refractivity contribution in [2.75, 3.05) is 12.5 Å². The number of hydrogen-bond donors (Lipinski definition) is 3. The van der Waals surface area contributed by atoms with Gasteiger partial charge in [0.1, 0.15) is 16.4 Å². The fourth-order valence-corrected chi connectivity index (χ4v) is 5.98. The minimum atomic E-state index is -1.14. The molecule has 2 aromatic heterocycles. The van der Waals surface area contributed by atoms with Gasteiger partial charge in [-0.05, 0) is 81.9 Å². The van der Waals surface area contributed by atoms with Gasteiger partial charge in [0.05, 0.1) is 5.69 Å². The lowest BCUT2D eigenvalue weighted by atomic mass is 9.95. The van der Waals surface area contributed by atoms with Crippen molar-refractivity contribution in [2.24, 2.45) is 0 Å². The normalized spacial score (nSPS) is 15.7. The fraction of sp³-hybridized carbons (Fsp3) is 0.467. The van der Waals surface area contributed by atoms with E-state index < -0.39 is 29.3 Å². The molecule has 1 saturated carbocycles. The average Bonchev–Trinajstić information content (AvgIpc) is 3.67. The Bertz CT molecular complexity index is 1470. The molecule has 1 aliphatic heterocycles. The molecule has 0 radical (unpaired) electrons. The first-order valence-electron chi connectivity index (χ1n) is 14.1. The number of furan rings is 1. The van der Waals surface area contributed by atoms with Gasteiger partial charge in [-0.2, -0.15) is 4.37 Å². The van der Waals surface area contributed by atoms with E-state index >= 15 is 0 Å². The highest BCUT2D eigenvalue weighted by atomic mass is 32.1. The molecule has 2 aliphatic rings. The molecule has 1 aliphatic carbocycles. The van der Waals surface area contributed by atoms with Crippen molar-refractivity contribution in [3.05, 3.63) is 58.0 Å². The van der Waals surface area contributed by atoms with Gasteiger partial charge in [-0.1, -0.05) is 25.3 Å². The smallest absolute Gasteiger partial charge is 0.273 e. The predicted molar refractivity (Wildman–Crippen MR) is 157 cm³/mol. The predicted octanol–water partition coefficient (Wildman–Crippen LogP) is 4.72. The van der Waals surface area contributed by atoms with Crippen LogP contribution in [0.2, 0.25) is 0 Å². The number of benzene rings is 1. The van der Waals surface area contributed by atoms with Crippen molar-refractivity contribution in [1.29, 1.82) is 0 Å². The lowest BCUT2D eigenvalue weighted by molar-refractivity contribution is -0.128. The van der Waals surface area contributed by atoms with Crippen LogP contribution in [0.15, 0.2) is 34.7 Å². The van der Waals surface area contributed by atoms with Crippen LogP contribution >= 0.6 is 11.5 Å². The number of nitrogens with two attached hydrogens (primary N) is 1. The molecule has 0 saturated heterocycles. The molecule has 42 heavy (non-hydrogen) atoms. The number of nitrogen functional groups attached to an aromatic ring is 1. The van der Waals surface area contributed by atoms with E-state index in [4.69, 9.17) is 19.6 Å². The lowest BCUT2D eigenvalue weighted by Crippen LogP contribution is -2.49. The molecule has 1 aromatic carbocycles. The van der Waals surface area contributed by atoms with E-state index in [0.29, 0.717) is 28.6 Å². The number of nitrogens with zero attached hydrogens (tertiary/aromatic N) is 2. The van der Waals surface area contributed by atoms with Gasteiger partial charge in [0.2, 0.25) is 6.79 Å². The molecule has 1 unspecified atom stereocenters. The van der Waals surface area contributed by atoms with Crippen LogP contribution in [0, 0.1) is 6.92 Å². The molecule has 3 amide bonds. The second-order valence-corrected chi connectivity index (χ2v) is 12.6. The third kappa shape index (κ3) is 6.53. The van der Waals surface area contributed by atoms with Gasteiger partial charge in [-0.3, -0.25) is 14.4 Å². The summed E-state index contributed by atoms with van der Waals surface area (Å²) in [5.74, 6) is 0.645. The van der Waals surface area contributed by atoms with Gasteiger partial charge in [0.15, 0.2) is 23.2 Å². The number of carbonyl (C=O) groups is 3. The number of ether oxygens (including phenoxy) is 2. The molecule has 5 rings (SSSR count). The number of amides is 3. The summed E-state index contributed by atoms with van der Waals surface area (Å²) in [6.07, 6.45) is 5.07. The van der Waals surface area contributed by atoms with Crippen LogP contribution in [0.4, 0.5) is 5.69 Å². The standard InChI is InChI=1S/C30H37N5O6S/c1-17-10-12-21(41-17)25(28(37)33-30(2,3)4)35(15-18-11-13-20-22(14-18)40-16-39-20)29(38)26-23(31)24(34-42-26)27(36)32-19-8-6-5-7-9-19/h10-14,19,25H,5-9,15-16,31H2,1-4H3,(H,32,36)(H,33,37). The molecule has 1 atom stereocenters. The van der Waals surface area contributed by atoms with Gasteiger partial charge in [0.25, 0.3) is 17.7 Å². The third-order valence-corrected chi connectivity index (χ3v) is 8.07. The summed E-state index contributed by atoms with van der Waals surface area (Å²) in [5.41, 5.74) is 6.53. The molecular formula is C30H37N5O6S. The van der Waals surface area contributed by atoms with E-state index in [0.717, 1.165) is 43.6 Å². The summed E-state index contributed by atoms with van der Waals surface area (Å²) in [6, 6.07) is 7.67. The Morgan fingerprint density at radius 3 is 2.52 bits per heavy atom. The Kier molecular flexibility index (Phi) is 8.44. The molecule has 3 aromatic rings. The molecule has 11 nitrogen and oxygen atoms in total. The van der Waals surface area contributed by atoms with Crippen LogP contribution in [0.5, 0.6) is 11.5 Å². The van der Waals surface area contributed by atoms with E-state index in [2.05, 4.69) is 15.0 Å². The summed E-state index contributed by atoms with van der Waals surface area (Å²) in [4.78, 5) is 42.7. The van der Waals surface area contributed by atoms with Crippen LogP contribution in [0.1, 0.15) is 96.2 Å². The van der Waals surface area contributed by atoms with E-state index in [9.17, 15) is 14.4 Å². The van der Waals surface area contributed by atoms with Gasteiger partial charge in [0, 0.05) is 18.1 Å². The topological polar surface area (TPSA) is 149 Å². The highest BCUT2D eigenvalue weighted by Crippen LogP contribution is 2.36. The number of aryl methyl sites for hydroxylation is 1. The zero-order chi connectivity index (χ0) is 30.0. The zero-order valence-electron chi connectivity index (χ0n) is 24.3. The van der Waals surface area contributed by atoms with Crippen molar-refractivity contribution in [2.45, 2.75) is 84.0 Å². The summed E-state index contributed by atoms with van der Waals surface area (Å²) >= 11 is 0.842. The summed E-state index contributed by atoms with van der Waals surface area (Å²) in [5, 5.41) is 5.99. The Morgan fingerprint density at radius 2 is 1.83 bits per heavy atom. The molecule has 0 spiro atoms. The van der Waals surface area contributed by atoms with Crippen LogP contribution in [-0.2, 0) is 11.3 Å². The van der Waals surface area contributed by atoms with Crippen molar-refractivity contribution in [3.63, 3.8) is 0 Å². The van der Waals surface area contributed by atoms with E-state index in [-0.39, 0.29) is 35.6 Å². The maximum absolute atomic E-state index is 14.3. The van der Waals surface area contributed by atoms with E-state index in [1.165, 1.54) is 4.90 Å². The number of hydrogen-bond acceptors (Lipinski definition) is 9. The van der Waals surface area contributed by atoms with Crippen molar-refractivity contribution >= 4 is 34.9 Å². The van der Waals surface area contributed by atoms with Gasteiger partial charge in [-0.25, -0.2) is 0 Å². The van der Waals surface area contributed by atoms with Crippen LogP contribution < -0.4 is 25.8 Å². The second-order valence-electron chi connectivity index (χ2n) is 11.8. The average molecular weight is 596 g/mol. The maximum Gasteiger partial charge on any atom is 0.273 e. The summed E-state index contributed by atoms with van der Waals surface area (Å²) in [6.45, 7) is 7.46. The van der Waals surface area contributed by atoms with Crippen LogP contribution in [-0.4, -0.2) is 45.4 Å². The Morgan fingerprint density at radius 1 is 1.10 bits per heavy atom. The first-order valence-corrected chi connectivity index (χ1v) is 14.9. The molecule has 224 valence electrons. The summed E-state index contributed by atoms with van der Waals surface area (Å²) in [7, 11) is 0. The molecule has 12 heteroatoms. The second kappa shape index (κ2) is 12.0. The van der Waals surface area contributed by atoms with E-state index in [1.807, 2.05) is 20.8 Å². The Hall–Kier alpha value is -4.06. The third-order valence-electron chi connectivity index (χ3n) is 7.22. The van der Waals surface area contributed by atoms with Gasteiger partial charge >= 0.3 is 0 Å². The monoisotopic (exact) mass is 595 g/mol. The van der Waals surface area contributed by atoms with E-state index in [1.54, 1.807) is 37.3 Å². The minimum Gasteiger partial charge on any atom is -0.464 e. The quantitative estimate of drug-likeness (QED) is 0.339. The van der Waals surface area contributed by atoms with Crippen molar-refractivity contribution in [3.8, 4) is 11.5 Å². The SMILES string of the molecule is Cc1ccc(C(C(=O)NC(C)(C)C)N(Cc2ccc3c(c2)OCO3)C(=O)c2snc(C(=O)NC3CCCCC3)c2N)o1. The number of rotatable bonds is 8. The Balaban J connectivity index is 1.51. The Labute approximate surface area is 248 Å². The van der Waals surface area contributed by atoms with Crippen molar-refractivity contribution in [1.82, 2.24) is 19.9 Å². The number of anilines is 1.